The average molecular weight is 198 g/mol. The van der Waals surface area contributed by atoms with Gasteiger partial charge in [-0.1, -0.05) is 24.3 Å². The highest BCUT2D eigenvalue weighted by molar-refractivity contribution is 5.89. The summed E-state index contributed by atoms with van der Waals surface area (Å²) in [6, 6.07) is 11.9. The third-order valence-corrected chi connectivity index (χ3v) is 2.45. The van der Waals surface area contributed by atoms with Crippen LogP contribution in [0.25, 0.3) is 10.8 Å². The first kappa shape index (κ1) is 9.71. The minimum absolute atomic E-state index is 0.802. The lowest BCUT2D eigenvalue weighted by Gasteiger charge is -2.11. The molecule has 0 unspecified atom stereocenters. The van der Waals surface area contributed by atoms with Gasteiger partial charge in [0.1, 0.15) is 0 Å². The number of hydrogen-bond acceptors (Lipinski definition) is 1. The molecule has 0 atom stereocenters. The molecule has 0 aliphatic rings. The largest absolute Gasteiger partial charge is 0.318 e. The summed E-state index contributed by atoms with van der Waals surface area (Å²) >= 11 is 0. The molecule has 1 radical (unpaired) electrons. The van der Waals surface area contributed by atoms with Gasteiger partial charge in [-0.25, -0.2) is 0 Å². The van der Waals surface area contributed by atoms with E-state index in [4.69, 9.17) is 0 Å². The Balaban J connectivity index is 2.56. The molecule has 0 bridgehead atoms. The predicted molar refractivity (Wildman–Crippen MR) is 62.9 cm³/mol. The van der Waals surface area contributed by atoms with Crippen LogP contribution >= 0.6 is 0 Å². The second kappa shape index (κ2) is 3.73. The molecule has 0 heterocycles. The van der Waals surface area contributed by atoms with Gasteiger partial charge >= 0.3 is 0 Å². The van der Waals surface area contributed by atoms with Crippen molar-refractivity contribution in [1.29, 1.82) is 0 Å². The fourth-order valence-electron chi connectivity index (χ4n) is 1.56. The summed E-state index contributed by atoms with van der Waals surface area (Å²) in [5, 5.41) is 2.26. The van der Waals surface area contributed by atoms with Crippen LogP contribution < -0.4 is 4.90 Å². The highest BCUT2D eigenvalue weighted by atomic mass is 16.1. The van der Waals surface area contributed by atoms with Gasteiger partial charge in [0.15, 0.2) is 0 Å². The van der Waals surface area contributed by atoms with Crippen molar-refractivity contribution in [3.8, 4) is 0 Å². The molecule has 15 heavy (non-hydrogen) atoms. The molecule has 0 saturated heterocycles. The van der Waals surface area contributed by atoms with Crippen molar-refractivity contribution in [3.63, 3.8) is 0 Å². The van der Waals surface area contributed by atoms with Crippen LogP contribution in [-0.2, 0) is 4.79 Å². The molecule has 1 amide bonds. The first-order chi connectivity index (χ1) is 7.20. The fourth-order valence-corrected chi connectivity index (χ4v) is 1.56. The number of benzene rings is 2. The quantitative estimate of drug-likeness (QED) is 0.679. The summed E-state index contributed by atoms with van der Waals surface area (Å²) < 4.78 is 0. The molecule has 2 nitrogen and oxygen atoms in total. The molecule has 2 aromatic carbocycles. The van der Waals surface area contributed by atoms with Crippen LogP contribution in [0.2, 0.25) is 0 Å². The van der Waals surface area contributed by atoms with Gasteiger partial charge in [0.2, 0.25) is 6.41 Å². The van der Waals surface area contributed by atoms with E-state index in [9.17, 15) is 4.79 Å². The Labute approximate surface area is 89.1 Å². The van der Waals surface area contributed by atoms with E-state index in [1.165, 1.54) is 0 Å². The van der Waals surface area contributed by atoms with Gasteiger partial charge in [-0.05, 0) is 35.4 Å². The van der Waals surface area contributed by atoms with Gasteiger partial charge in [0, 0.05) is 12.7 Å². The molecule has 2 rings (SSSR count). The lowest BCUT2D eigenvalue weighted by Crippen LogP contribution is -2.13. The average Bonchev–Trinajstić information content (AvgIpc) is 2.27. The van der Waals surface area contributed by atoms with Crippen molar-refractivity contribution < 1.29 is 4.79 Å². The van der Waals surface area contributed by atoms with Crippen molar-refractivity contribution >= 4 is 22.9 Å². The summed E-state index contributed by atoms with van der Waals surface area (Å²) in [5.74, 6) is 0. The van der Waals surface area contributed by atoms with Crippen LogP contribution in [-0.4, -0.2) is 13.5 Å². The molecule has 0 aliphatic carbocycles. The molecule has 0 spiro atoms. The lowest BCUT2D eigenvalue weighted by molar-refractivity contribution is -0.107. The summed E-state index contributed by atoms with van der Waals surface area (Å²) in [6.07, 6.45) is 0.802. The zero-order valence-electron chi connectivity index (χ0n) is 8.60. The molecule has 0 N–H and O–H groups in total. The van der Waals surface area contributed by atoms with Gasteiger partial charge < -0.3 is 4.90 Å². The van der Waals surface area contributed by atoms with Gasteiger partial charge in [-0.15, -0.1) is 0 Å². The SMILES string of the molecule is [CH2]c1ccc2cc(N(C)C=O)ccc2c1. The molecule has 75 valence electrons. The zero-order valence-corrected chi connectivity index (χ0v) is 8.60. The second-order valence-corrected chi connectivity index (χ2v) is 3.58. The number of hydrogen-bond donors (Lipinski definition) is 0. The van der Waals surface area contributed by atoms with Gasteiger partial charge in [0.05, 0.1) is 0 Å². The summed E-state index contributed by atoms with van der Waals surface area (Å²) in [7, 11) is 1.74. The number of amides is 1. The first-order valence-electron chi connectivity index (χ1n) is 4.74. The van der Waals surface area contributed by atoms with Crippen molar-refractivity contribution in [2.45, 2.75) is 0 Å². The van der Waals surface area contributed by atoms with E-state index >= 15 is 0 Å². The number of anilines is 1. The van der Waals surface area contributed by atoms with Crippen LogP contribution in [0.3, 0.4) is 0 Å². The van der Waals surface area contributed by atoms with Gasteiger partial charge in [-0.3, -0.25) is 4.79 Å². The highest BCUT2D eigenvalue weighted by Crippen LogP contribution is 2.21. The van der Waals surface area contributed by atoms with E-state index in [2.05, 4.69) is 6.92 Å². The number of rotatable bonds is 2. The Hall–Kier alpha value is -1.83. The lowest BCUT2D eigenvalue weighted by atomic mass is 10.1. The maximum atomic E-state index is 10.6. The minimum atomic E-state index is 0.802. The van der Waals surface area contributed by atoms with Crippen LogP contribution in [0.1, 0.15) is 5.56 Å². The topological polar surface area (TPSA) is 20.3 Å². The maximum absolute atomic E-state index is 10.6. The Morgan fingerprint density at radius 2 is 1.80 bits per heavy atom. The van der Waals surface area contributed by atoms with Crippen molar-refractivity contribution in [2.24, 2.45) is 0 Å². The van der Waals surface area contributed by atoms with Crippen molar-refractivity contribution in [2.75, 3.05) is 11.9 Å². The minimum Gasteiger partial charge on any atom is -0.318 e. The van der Waals surface area contributed by atoms with E-state index < -0.39 is 0 Å². The molecular weight excluding hydrogens is 186 g/mol. The summed E-state index contributed by atoms with van der Waals surface area (Å²) in [4.78, 5) is 12.2. The fraction of sp³-hybridized carbons (Fsp3) is 0.0769. The number of fused-ring (bicyclic) bond motifs is 1. The van der Waals surface area contributed by atoms with Crippen molar-refractivity contribution in [1.82, 2.24) is 0 Å². The molecule has 0 fully saturated rings. The Kier molecular flexibility index (Phi) is 2.42. The van der Waals surface area contributed by atoms with Crippen LogP contribution in [0.5, 0.6) is 0 Å². The summed E-state index contributed by atoms with van der Waals surface area (Å²) in [5.41, 5.74) is 1.90. The number of nitrogens with zero attached hydrogens (tertiary/aromatic N) is 1. The number of carbonyl (C=O) groups is 1. The van der Waals surface area contributed by atoms with Crippen LogP contribution in [0.15, 0.2) is 36.4 Å². The van der Waals surface area contributed by atoms with E-state index in [1.54, 1.807) is 11.9 Å². The normalized spacial score (nSPS) is 10.3. The highest BCUT2D eigenvalue weighted by Gasteiger charge is 2.00. The molecule has 2 aromatic rings. The number of carbonyl (C=O) groups excluding carboxylic acids is 1. The van der Waals surface area contributed by atoms with E-state index in [0.717, 1.165) is 28.4 Å². The second-order valence-electron chi connectivity index (χ2n) is 3.58. The Bertz CT molecular complexity index is 505. The van der Waals surface area contributed by atoms with Gasteiger partial charge in [-0.2, -0.15) is 0 Å². The zero-order chi connectivity index (χ0) is 10.8. The van der Waals surface area contributed by atoms with E-state index in [-0.39, 0.29) is 0 Å². The predicted octanol–water partition coefficient (Wildman–Crippen LogP) is 2.61. The van der Waals surface area contributed by atoms with E-state index in [1.807, 2.05) is 36.4 Å². The molecule has 0 aliphatic heterocycles. The van der Waals surface area contributed by atoms with E-state index in [0.29, 0.717) is 0 Å². The molecule has 0 saturated carbocycles. The smallest absolute Gasteiger partial charge is 0.213 e. The monoisotopic (exact) mass is 198 g/mol. The van der Waals surface area contributed by atoms with Crippen LogP contribution in [0, 0.1) is 6.92 Å². The summed E-state index contributed by atoms with van der Waals surface area (Å²) in [6.45, 7) is 3.88. The third-order valence-electron chi connectivity index (χ3n) is 2.45. The third kappa shape index (κ3) is 1.84. The maximum Gasteiger partial charge on any atom is 0.213 e. The molecular formula is C13H12NO. The first-order valence-corrected chi connectivity index (χ1v) is 4.74. The Morgan fingerprint density at radius 1 is 1.13 bits per heavy atom. The molecule has 0 aromatic heterocycles. The van der Waals surface area contributed by atoms with Gasteiger partial charge in [0.25, 0.3) is 0 Å². The Morgan fingerprint density at radius 3 is 2.53 bits per heavy atom. The standard InChI is InChI=1S/C13H12NO/c1-10-3-4-12-8-13(14(2)9-15)6-5-11(12)7-10/h3-9H,1H2,2H3. The van der Waals surface area contributed by atoms with Crippen LogP contribution in [0.4, 0.5) is 5.69 Å². The molecule has 2 heteroatoms. The van der Waals surface area contributed by atoms with Crippen molar-refractivity contribution in [3.05, 3.63) is 48.9 Å².